The molecule has 23 heavy (non-hydrogen) atoms. The number of carboxylic acids is 1. The Morgan fingerprint density at radius 3 is 2.26 bits per heavy atom. The Kier molecular flexibility index (Phi) is 4.57. The van der Waals surface area contributed by atoms with E-state index in [9.17, 15) is 18.0 Å². The fourth-order valence-electron chi connectivity index (χ4n) is 1.67. The highest BCUT2D eigenvalue weighted by Crippen LogP contribution is 2.26. The van der Waals surface area contributed by atoms with E-state index in [1.165, 1.54) is 24.3 Å². The molecule has 0 saturated carbocycles. The van der Waals surface area contributed by atoms with Crippen molar-refractivity contribution in [3.8, 4) is 0 Å². The normalized spacial score (nSPS) is 12.1. The number of aliphatic hydroxyl groups excluding tert-OH is 1. The lowest BCUT2D eigenvalue weighted by Gasteiger charge is -2.03. The van der Waals surface area contributed by atoms with Gasteiger partial charge in [0.2, 0.25) is 20.7 Å². The van der Waals surface area contributed by atoms with Crippen molar-refractivity contribution in [1.29, 1.82) is 0 Å². The molecule has 0 atom stereocenters. The highest BCUT2D eigenvalue weighted by Gasteiger charge is 2.28. The number of hydrogen-bond acceptors (Lipinski definition) is 6. The number of carbonyl (C=O) groups is 2. The van der Waals surface area contributed by atoms with E-state index < -0.39 is 38.0 Å². The molecule has 7 nitrogen and oxygen atoms in total. The molecule has 1 aromatic heterocycles. The van der Waals surface area contributed by atoms with Crippen LogP contribution in [-0.4, -0.2) is 30.4 Å². The van der Waals surface area contributed by atoms with Gasteiger partial charge in [-0.25, -0.2) is 13.2 Å². The fourth-order valence-corrected chi connectivity index (χ4v) is 3.15. The average Bonchev–Trinajstić information content (AvgIpc) is 2.97. The minimum atomic E-state index is -4.15. The van der Waals surface area contributed by atoms with Crippen LogP contribution in [0.25, 0.3) is 0 Å². The van der Waals surface area contributed by atoms with Gasteiger partial charge < -0.3 is 14.6 Å². The number of ketones is 1. The quantitative estimate of drug-likeness (QED) is 0.479. The lowest BCUT2D eigenvalue weighted by atomic mass is 10.2. The molecular formula is C14H9ClO7S. The Hall–Kier alpha value is -2.58. The van der Waals surface area contributed by atoms with Gasteiger partial charge >= 0.3 is 5.97 Å². The zero-order valence-corrected chi connectivity index (χ0v) is 12.8. The van der Waals surface area contributed by atoms with Gasteiger partial charge in [0.1, 0.15) is 0 Å². The van der Waals surface area contributed by atoms with Crippen molar-refractivity contribution in [3.63, 3.8) is 0 Å². The number of sulfone groups is 1. The first-order valence-electron chi connectivity index (χ1n) is 6.00. The molecule has 1 heterocycles. The predicted octanol–water partition coefficient (Wildman–Crippen LogP) is 2.48. The van der Waals surface area contributed by atoms with E-state index in [0.717, 1.165) is 12.3 Å². The summed E-state index contributed by atoms with van der Waals surface area (Å²) in [5, 5.41) is 17.3. The molecule has 2 N–H and O–H groups in total. The molecule has 2 aromatic rings. The maximum atomic E-state index is 12.5. The van der Waals surface area contributed by atoms with Crippen LogP contribution in [0.1, 0.15) is 10.4 Å². The summed E-state index contributed by atoms with van der Waals surface area (Å²) in [5.74, 6) is -3.96. The van der Waals surface area contributed by atoms with Crippen LogP contribution in [0.4, 0.5) is 0 Å². The molecule has 0 aliphatic rings. The lowest BCUT2D eigenvalue weighted by Crippen LogP contribution is -2.08. The molecule has 9 heteroatoms. The topological polar surface area (TPSA) is 122 Å². The Labute approximate surface area is 135 Å². The Bertz CT molecular complexity index is 891. The van der Waals surface area contributed by atoms with E-state index in [-0.39, 0.29) is 4.90 Å². The second kappa shape index (κ2) is 6.27. The second-order valence-electron chi connectivity index (χ2n) is 4.28. The number of benzene rings is 1. The summed E-state index contributed by atoms with van der Waals surface area (Å²) in [4.78, 5) is 22.3. The van der Waals surface area contributed by atoms with Crippen LogP contribution in [0.15, 0.2) is 62.8 Å². The minimum absolute atomic E-state index is 0.155. The molecule has 0 bridgehead atoms. The smallest absolute Gasteiger partial charge is 0.371 e. The van der Waals surface area contributed by atoms with Crippen LogP contribution >= 0.6 is 11.6 Å². The zero-order valence-electron chi connectivity index (χ0n) is 11.3. The Balaban J connectivity index is 2.49. The van der Waals surface area contributed by atoms with Gasteiger partial charge in [-0.1, -0.05) is 11.6 Å². The highest BCUT2D eigenvalue weighted by atomic mass is 35.5. The van der Waals surface area contributed by atoms with E-state index in [0.29, 0.717) is 11.1 Å². The monoisotopic (exact) mass is 356 g/mol. The molecular weight excluding hydrogens is 348 g/mol. The molecule has 0 fully saturated rings. The SMILES string of the molecule is O=C(O)C(O)=CC(=O)c1ccoc1S(=O)(=O)c1ccc(Cl)cc1. The van der Waals surface area contributed by atoms with Crippen molar-refractivity contribution in [1.82, 2.24) is 0 Å². The van der Waals surface area contributed by atoms with Crippen LogP contribution in [-0.2, 0) is 14.6 Å². The summed E-state index contributed by atoms with van der Waals surface area (Å²) in [5.41, 5.74) is -0.396. The van der Waals surface area contributed by atoms with Crippen LogP contribution in [0.2, 0.25) is 5.02 Å². The van der Waals surface area contributed by atoms with Crippen molar-refractivity contribution in [2.75, 3.05) is 0 Å². The molecule has 0 aliphatic carbocycles. The summed E-state index contributed by atoms with van der Waals surface area (Å²) < 4.78 is 29.8. The second-order valence-corrected chi connectivity index (χ2v) is 6.56. The third-order valence-corrected chi connectivity index (χ3v) is 4.70. The third kappa shape index (κ3) is 3.43. The average molecular weight is 357 g/mol. The van der Waals surface area contributed by atoms with E-state index in [1.54, 1.807) is 0 Å². The lowest BCUT2D eigenvalue weighted by molar-refractivity contribution is -0.135. The molecule has 0 spiro atoms. The van der Waals surface area contributed by atoms with Gasteiger partial charge in [0.15, 0.2) is 5.78 Å². The summed E-state index contributed by atoms with van der Waals surface area (Å²) in [7, 11) is -4.15. The number of carbonyl (C=O) groups excluding carboxylic acids is 1. The van der Waals surface area contributed by atoms with Gasteiger partial charge in [0.05, 0.1) is 16.7 Å². The summed E-state index contributed by atoms with van der Waals surface area (Å²) in [6, 6.07) is 6.25. The van der Waals surface area contributed by atoms with Gasteiger partial charge in [0.25, 0.3) is 0 Å². The summed E-state index contributed by atoms with van der Waals surface area (Å²) in [6.07, 6.45) is 1.37. The maximum absolute atomic E-state index is 12.5. The highest BCUT2D eigenvalue weighted by molar-refractivity contribution is 7.91. The van der Waals surface area contributed by atoms with E-state index in [1.807, 2.05) is 0 Å². The molecule has 120 valence electrons. The van der Waals surface area contributed by atoms with E-state index in [4.69, 9.17) is 26.2 Å². The third-order valence-electron chi connectivity index (χ3n) is 2.75. The summed E-state index contributed by atoms with van der Waals surface area (Å²) >= 11 is 5.69. The number of hydrogen-bond donors (Lipinski definition) is 2. The van der Waals surface area contributed by atoms with Gasteiger partial charge in [-0.2, -0.15) is 0 Å². The van der Waals surface area contributed by atoms with Crippen LogP contribution < -0.4 is 0 Å². The van der Waals surface area contributed by atoms with Gasteiger partial charge in [-0.05, 0) is 30.3 Å². The number of rotatable bonds is 5. The standard InChI is InChI=1S/C14H9ClO7S/c15-8-1-3-9(4-2-8)23(20,21)14-10(5-6-22-14)11(16)7-12(17)13(18)19/h1-7,17H,(H,18,19). The number of allylic oxidation sites excluding steroid dienone is 1. The minimum Gasteiger partial charge on any atom is -0.502 e. The number of halogens is 1. The first kappa shape index (κ1) is 16.8. The van der Waals surface area contributed by atoms with Gasteiger partial charge in [-0.15, -0.1) is 0 Å². The molecule has 0 unspecified atom stereocenters. The first-order chi connectivity index (χ1) is 10.7. The van der Waals surface area contributed by atoms with Crippen molar-refractivity contribution in [3.05, 3.63) is 59.0 Å². The van der Waals surface area contributed by atoms with Gasteiger partial charge in [0, 0.05) is 11.1 Å². The maximum Gasteiger partial charge on any atom is 0.371 e. The Morgan fingerprint density at radius 2 is 1.70 bits per heavy atom. The molecule has 2 rings (SSSR count). The summed E-state index contributed by atoms with van der Waals surface area (Å²) in [6.45, 7) is 0. The van der Waals surface area contributed by atoms with Crippen LogP contribution in [0.3, 0.4) is 0 Å². The van der Waals surface area contributed by atoms with Crippen LogP contribution in [0.5, 0.6) is 0 Å². The van der Waals surface area contributed by atoms with Crippen molar-refractivity contribution in [2.24, 2.45) is 0 Å². The zero-order chi connectivity index (χ0) is 17.2. The predicted molar refractivity (Wildman–Crippen MR) is 78.3 cm³/mol. The molecule has 0 radical (unpaired) electrons. The number of furan rings is 1. The number of carboxylic acid groups (broad SMARTS) is 1. The van der Waals surface area contributed by atoms with Crippen molar-refractivity contribution in [2.45, 2.75) is 9.99 Å². The molecule has 0 aliphatic heterocycles. The van der Waals surface area contributed by atoms with E-state index in [2.05, 4.69) is 0 Å². The Morgan fingerprint density at radius 1 is 1.09 bits per heavy atom. The fraction of sp³-hybridized carbons (Fsp3) is 0. The molecule has 0 saturated heterocycles. The van der Waals surface area contributed by atoms with Gasteiger partial charge in [-0.3, -0.25) is 4.79 Å². The van der Waals surface area contributed by atoms with E-state index >= 15 is 0 Å². The molecule has 0 amide bonds. The first-order valence-corrected chi connectivity index (χ1v) is 7.86. The van der Waals surface area contributed by atoms with Crippen molar-refractivity contribution >= 4 is 33.2 Å². The molecule has 1 aromatic carbocycles. The van der Waals surface area contributed by atoms with Crippen molar-refractivity contribution < 1.29 is 32.6 Å². The number of aliphatic hydroxyl groups is 1. The largest absolute Gasteiger partial charge is 0.502 e. The number of aliphatic carboxylic acids is 1. The van der Waals surface area contributed by atoms with Crippen LogP contribution in [0, 0.1) is 0 Å².